The Kier molecular flexibility index (Phi) is 5.19. The molecule has 4 heteroatoms. The number of hydrogen-bond donors (Lipinski definition) is 1. The Morgan fingerprint density at radius 1 is 1.20 bits per heavy atom. The van der Waals surface area contributed by atoms with E-state index in [9.17, 15) is 14.3 Å². The Morgan fingerprint density at radius 3 is 2.40 bits per heavy atom. The molecule has 0 spiro atoms. The van der Waals surface area contributed by atoms with Crippen molar-refractivity contribution in [3.8, 4) is 0 Å². The van der Waals surface area contributed by atoms with E-state index in [0.717, 1.165) is 31.2 Å². The van der Waals surface area contributed by atoms with Gasteiger partial charge >= 0.3 is 5.97 Å². The molecule has 0 atom stereocenters. The van der Waals surface area contributed by atoms with Gasteiger partial charge in [-0.05, 0) is 46.8 Å². The second-order valence-electron chi connectivity index (χ2n) is 5.74. The van der Waals surface area contributed by atoms with Gasteiger partial charge in [-0.3, -0.25) is 4.79 Å². The Hall–Kier alpha value is -0.900. The fourth-order valence-corrected chi connectivity index (χ4v) is 3.50. The lowest BCUT2D eigenvalue weighted by molar-refractivity contribution is -0.150. The van der Waals surface area contributed by atoms with Gasteiger partial charge in [0, 0.05) is 0 Å². The minimum absolute atomic E-state index is 0.325. The Morgan fingerprint density at radius 2 is 1.80 bits per heavy atom. The van der Waals surface area contributed by atoms with Crippen LogP contribution in [0.4, 0.5) is 4.39 Å². The van der Waals surface area contributed by atoms with E-state index < -0.39 is 11.4 Å². The van der Waals surface area contributed by atoms with Crippen molar-refractivity contribution in [2.24, 2.45) is 5.41 Å². The highest BCUT2D eigenvalue weighted by Gasteiger charge is 2.38. The molecule has 0 bridgehead atoms. The molecule has 20 heavy (non-hydrogen) atoms. The van der Waals surface area contributed by atoms with Crippen molar-refractivity contribution in [2.45, 2.75) is 51.4 Å². The van der Waals surface area contributed by atoms with E-state index in [1.165, 1.54) is 12.5 Å². The SMILES string of the molecule is O=C(O)C1(Cc2cccc(F)c2Br)CCCCCCC1. The molecule has 0 saturated heterocycles. The molecule has 0 aromatic heterocycles. The van der Waals surface area contributed by atoms with Gasteiger partial charge < -0.3 is 5.11 Å². The monoisotopic (exact) mass is 342 g/mol. The summed E-state index contributed by atoms with van der Waals surface area (Å²) >= 11 is 3.25. The average molecular weight is 343 g/mol. The van der Waals surface area contributed by atoms with Gasteiger partial charge in [0.05, 0.1) is 9.89 Å². The smallest absolute Gasteiger partial charge is 0.309 e. The first-order chi connectivity index (χ1) is 9.55. The summed E-state index contributed by atoms with van der Waals surface area (Å²) < 4.78 is 14.0. The van der Waals surface area contributed by atoms with E-state index in [4.69, 9.17) is 0 Å². The average Bonchev–Trinajstić information content (AvgIpc) is 2.37. The van der Waals surface area contributed by atoms with E-state index >= 15 is 0 Å². The largest absolute Gasteiger partial charge is 0.481 e. The molecule has 1 saturated carbocycles. The quantitative estimate of drug-likeness (QED) is 0.843. The summed E-state index contributed by atoms with van der Waals surface area (Å²) in [5.41, 5.74) is 0.0180. The minimum atomic E-state index is -0.740. The van der Waals surface area contributed by atoms with Gasteiger partial charge in [-0.1, -0.05) is 44.2 Å². The molecule has 0 heterocycles. The maximum Gasteiger partial charge on any atom is 0.309 e. The number of rotatable bonds is 3. The van der Waals surface area contributed by atoms with E-state index in [0.29, 0.717) is 23.7 Å². The summed E-state index contributed by atoms with van der Waals surface area (Å²) in [6, 6.07) is 4.85. The van der Waals surface area contributed by atoms with Crippen molar-refractivity contribution < 1.29 is 14.3 Å². The van der Waals surface area contributed by atoms with Crippen LogP contribution >= 0.6 is 15.9 Å². The van der Waals surface area contributed by atoms with E-state index in [2.05, 4.69) is 15.9 Å². The molecule has 110 valence electrons. The van der Waals surface area contributed by atoms with Crippen LogP contribution in [0, 0.1) is 11.2 Å². The predicted molar refractivity (Wildman–Crippen MR) is 80.2 cm³/mol. The van der Waals surface area contributed by atoms with Gasteiger partial charge in [0.2, 0.25) is 0 Å². The molecule has 0 aliphatic heterocycles. The number of benzene rings is 1. The van der Waals surface area contributed by atoms with Crippen molar-refractivity contribution in [1.82, 2.24) is 0 Å². The third-order valence-electron chi connectivity index (χ3n) is 4.32. The van der Waals surface area contributed by atoms with Gasteiger partial charge in [-0.25, -0.2) is 4.39 Å². The number of carboxylic acid groups (broad SMARTS) is 1. The first-order valence-electron chi connectivity index (χ1n) is 7.21. The zero-order valence-electron chi connectivity index (χ0n) is 11.5. The van der Waals surface area contributed by atoms with Gasteiger partial charge in [-0.2, -0.15) is 0 Å². The maximum absolute atomic E-state index is 13.6. The zero-order valence-corrected chi connectivity index (χ0v) is 13.1. The lowest BCUT2D eigenvalue weighted by Gasteiger charge is -2.31. The van der Waals surface area contributed by atoms with Crippen molar-refractivity contribution in [1.29, 1.82) is 0 Å². The number of aliphatic carboxylic acids is 1. The molecule has 1 aromatic carbocycles. The summed E-state index contributed by atoms with van der Waals surface area (Å²) in [5.74, 6) is -1.07. The summed E-state index contributed by atoms with van der Waals surface area (Å²) in [4.78, 5) is 11.8. The lowest BCUT2D eigenvalue weighted by atomic mass is 9.72. The highest BCUT2D eigenvalue weighted by atomic mass is 79.9. The first-order valence-corrected chi connectivity index (χ1v) is 8.01. The molecule has 0 unspecified atom stereocenters. The van der Waals surface area contributed by atoms with Crippen LogP contribution in [0.15, 0.2) is 22.7 Å². The number of carbonyl (C=O) groups is 1. The van der Waals surface area contributed by atoms with Crippen LogP contribution in [0.3, 0.4) is 0 Å². The number of halogens is 2. The summed E-state index contributed by atoms with van der Waals surface area (Å²) in [6.07, 6.45) is 7.05. The standard InChI is InChI=1S/C16H20BrFO2/c17-14-12(7-6-8-13(14)18)11-16(15(19)20)9-4-2-1-3-5-10-16/h6-8H,1-5,9-11H2,(H,19,20). The molecule has 2 nitrogen and oxygen atoms in total. The van der Waals surface area contributed by atoms with Crippen molar-refractivity contribution in [2.75, 3.05) is 0 Å². The normalized spacial score (nSPS) is 19.1. The Balaban J connectivity index is 2.27. The molecule has 1 N–H and O–H groups in total. The molecular weight excluding hydrogens is 323 g/mol. The highest BCUT2D eigenvalue weighted by molar-refractivity contribution is 9.10. The van der Waals surface area contributed by atoms with Crippen LogP contribution in [-0.2, 0) is 11.2 Å². The maximum atomic E-state index is 13.6. The summed E-state index contributed by atoms with van der Waals surface area (Å²) in [5, 5.41) is 9.72. The molecule has 0 amide bonds. The van der Waals surface area contributed by atoms with Crippen molar-refractivity contribution in [3.63, 3.8) is 0 Å². The van der Waals surface area contributed by atoms with Crippen LogP contribution < -0.4 is 0 Å². The fraction of sp³-hybridized carbons (Fsp3) is 0.562. The topological polar surface area (TPSA) is 37.3 Å². The van der Waals surface area contributed by atoms with Crippen molar-refractivity contribution in [3.05, 3.63) is 34.1 Å². The van der Waals surface area contributed by atoms with E-state index in [1.807, 2.05) is 6.07 Å². The first kappa shape index (κ1) is 15.5. The van der Waals surface area contributed by atoms with Gasteiger partial charge in [0.15, 0.2) is 0 Å². The van der Waals surface area contributed by atoms with Crippen LogP contribution in [0.25, 0.3) is 0 Å². The third-order valence-corrected chi connectivity index (χ3v) is 5.21. The van der Waals surface area contributed by atoms with Crippen LogP contribution in [0.1, 0.15) is 50.5 Å². The molecule has 2 rings (SSSR count). The molecule has 1 aliphatic rings. The third kappa shape index (κ3) is 3.40. The second-order valence-corrected chi connectivity index (χ2v) is 6.54. The van der Waals surface area contributed by atoms with Crippen LogP contribution in [0.5, 0.6) is 0 Å². The minimum Gasteiger partial charge on any atom is -0.481 e. The van der Waals surface area contributed by atoms with Crippen molar-refractivity contribution >= 4 is 21.9 Å². The lowest BCUT2D eigenvalue weighted by Crippen LogP contribution is -2.34. The fourth-order valence-electron chi connectivity index (χ4n) is 3.10. The zero-order chi connectivity index (χ0) is 14.6. The second kappa shape index (κ2) is 6.70. The van der Waals surface area contributed by atoms with Crippen LogP contribution in [-0.4, -0.2) is 11.1 Å². The van der Waals surface area contributed by atoms with E-state index in [1.54, 1.807) is 6.07 Å². The van der Waals surface area contributed by atoms with Gasteiger partial charge in [0.1, 0.15) is 5.82 Å². The number of hydrogen-bond acceptors (Lipinski definition) is 1. The summed E-state index contributed by atoms with van der Waals surface area (Å²) in [7, 11) is 0. The van der Waals surface area contributed by atoms with Crippen LogP contribution in [0.2, 0.25) is 0 Å². The Bertz CT molecular complexity index is 479. The van der Waals surface area contributed by atoms with Gasteiger partial charge in [0.25, 0.3) is 0 Å². The predicted octanol–water partition coefficient (Wildman–Crippen LogP) is 4.95. The van der Waals surface area contributed by atoms with Gasteiger partial charge in [-0.15, -0.1) is 0 Å². The Labute approximate surface area is 127 Å². The summed E-state index contributed by atoms with van der Waals surface area (Å²) in [6.45, 7) is 0. The number of carboxylic acids is 1. The molecule has 1 fully saturated rings. The molecule has 0 radical (unpaired) electrons. The van der Waals surface area contributed by atoms with E-state index in [-0.39, 0.29) is 5.82 Å². The molecule has 1 aromatic rings. The molecular formula is C16H20BrFO2. The molecule has 1 aliphatic carbocycles. The highest BCUT2D eigenvalue weighted by Crippen LogP contribution is 2.39.